The molecule has 1 N–H and O–H groups in total. The molecule has 0 atom stereocenters. The number of rotatable bonds is 9. The van der Waals surface area contributed by atoms with Crippen LogP contribution in [-0.2, 0) is 11.2 Å². The predicted molar refractivity (Wildman–Crippen MR) is 130 cm³/mol. The molecule has 1 heterocycles. The maximum absolute atomic E-state index is 12.3. The number of carbonyl (C=O) groups excluding carboxylic acids is 1. The topological polar surface area (TPSA) is 86.9 Å². The number of nitrogens with one attached hydrogen (secondary N) is 1. The Kier molecular flexibility index (Phi) is 11.7. The van der Waals surface area contributed by atoms with Gasteiger partial charge in [0.1, 0.15) is 0 Å². The Balaban J connectivity index is 0.00000450. The van der Waals surface area contributed by atoms with E-state index in [-0.39, 0.29) is 36.4 Å². The second kappa shape index (κ2) is 13.4. The standard InChI is InChI=1S/C20H29ClN6O2.HI/c1-5-22-20(26(4)14-18(28)27(6-2)7-3)23-12-11-17-24-19(25-29-17)15-9-8-10-16(21)13-15;/h8-10,13H,5-7,11-12,14H2,1-4H3,(H,22,23);1H. The molecule has 1 amide bonds. The van der Waals surface area contributed by atoms with Gasteiger partial charge >= 0.3 is 0 Å². The van der Waals surface area contributed by atoms with E-state index in [0.717, 1.165) is 5.56 Å². The Morgan fingerprint density at radius 1 is 1.27 bits per heavy atom. The molecule has 0 aliphatic carbocycles. The first-order valence-corrected chi connectivity index (χ1v) is 10.2. The zero-order chi connectivity index (χ0) is 21.2. The maximum atomic E-state index is 12.3. The van der Waals surface area contributed by atoms with Crippen LogP contribution in [0.5, 0.6) is 0 Å². The van der Waals surface area contributed by atoms with Crippen molar-refractivity contribution in [2.45, 2.75) is 27.2 Å². The van der Waals surface area contributed by atoms with E-state index in [1.807, 2.05) is 44.9 Å². The summed E-state index contributed by atoms with van der Waals surface area (Å²) in [4.78, 5) is 25.0. The zero-order valence-corrected chi connectivity index (χ0v) is 21.0. The normalized spacial score (nSPS) is 11.0. The number of aliphatic imine (C=N–C) groups is 1. The number of likely N-dealkylation sites (N-methyl/N-ethyl adjacent to an activating group) is 2. The van der Waals surface area contributed by atoms with E-state index < -0.39 is 0 Å². The number of guanidine groups is 1. The SMILES string of the molecule is CCNC(=NCCc1nc(-c2cccc(Cl)c2)no1)N(C)CC(=O)N(CC)CC.I. The van der Waals surface area contributed by atoms with Crippen molar-refractivity contribution < 1.29 is 9.32 Å². The largest absolute Gasteiger partial charge is 0.357 e. The molecule has 0 aliphatic rings. The zero-order valence-electron chi connectivity index (χ0n) is 17.9. The first-order chi connectivity index (χ1) is 14.0. The number of benzene rings is 1. The minimum absolute atomic E-state index is 0. The summed E-state index contributed by atoms with van der Waals surface area (Å²) in [5.74, 6) is 1.75. The third-order valence-corrected chi connectivity index (χ3v) is 4.56. The quantitative estimate of drug-likeness (QED) is 0.294. The molecule has 0 spiro atoms. The van der Waals surface area contributed by atoms with E-state index in [1.54, 1.807) is 17.0 Å². The van der Waals surface area contributed by atoms with E-state index in [9.17, 15) is 4.79 Å². The summed E-state index contributed by atoms with van der Waals surface area (Å²) in [7, 11) is 1.85. The third kappa shape index (κ3) is 7.75. The van der Waals surface area contributed by atoms with Gasteiger partial charge in [0.05, 0.1) is 13.1 Å². The van der Waals surface area contributed by atoms with Crippen LogP contribution in [0.3, 0.4) is 0 Å². The molecule has 1 aromatic carbocycles. The second-order valence-electron chi connectivity index (χ2n) is 6.43. The number of aromatic nitrogens is 2. The van der Waals surface area contributed by atoms with Crippen molar-refractivity contribution in [3.8, 4) is 11.4 Å². The molecule has 8 nitrogen and oxygen atoms in total. The summed E-state index contributed by atoms with van der Waals surface area (Å²) in [5, 5.41) is 7.84. The highest BCUT2D eigenvalue weighted by Gasteiger charge is 2.15. The second-order valence-corrected chi connectivity index (χ2v) is 6.87. The van der Waals surface area contributed by atoms with E-state index in [1.165, 1.54) is 0 Å². The lowest BCUT2D eigenvalue weighted by Crippen LogP contribution is -2.45. The molecule has 10 heteroatoms. The molecule has 0 bridgehead atoms. The first-order valence-electron chi connectivity index (χ1n) is 9.84. The van der Waals surface area contributed by atoms with Crippen LogP contribution in [0.25, 0.3) is 11.4 Å². The van der Waals surface area contributed by atoms with Crippen molar-refractivity contribution in [3.05, 3.63) is 35.2 Å². The van der Waals surface area contributed by atoms with Gasteiger partial charge in [0, 0.05) is 43.7 Å². The van der Waals surface area contributed by atoms with Crippen molar-refractivity contribution in [2.75, 3.05) is 39.8 Å². The number of hydrogen-bond acceptors (Lipinski definition) is 5. The summed E-state index contributed by atoms with van der Waals surface area (Å²) in [6, 6.07) is 7.31. The van der Waals surface area contributed by atoms with Crippen LogP contribution in [0.15, 0.2) is 33.8 Å². The summed E-state index contributed by atoms with van der Waals surface area (Å²) in [5.41, 5.74) is 0.805. The molecule has 0 saturated carbocycles. The van der Waals surface area contributed by atoms with Crippen molar-refractivity contribution in [1.29, 1.82) is 0 Å². The van der Waals surface area contributed by atoms with Gasteiger partial charge in [-0.25, -0.2) is 0 Å². The smallest absolute Gasteiger partial charge is 0.242 e. The number of halogens is 2. The molecular formula is C20H30ClIN6O2. The molecule has 0 radical (unpaired) electrons. The highest BCUT2D eigenvalue weighted by Crippen LogP contribution is 2.19. The Labute approximate surface area is 200 Å². The maximum Gasteiger partial charge on any atom is 0.242 e. The lowest BCUT2D eigenvalue weighted by atomic mass is 10.2. The van der Waals surface area contributed by atoms with E-state index in [0.29, 0.717) is 55.3 Å². The van der Waals surface area contributed by atoms with Gasteiger partial charge in [-0.05, 0) is 32.9 Å². The van der Waals surface area contributed by atoms with Crippen LogP contribution in [0.1, 0.15) is 26.7 Å². The summed E-state index contributed by atoms with van der Waals surface area (Å²) < 4.78 is 5.32. The third-order valence-electron chi connectivity index (χ3n) is 4.32. The molecule has 1 aromatic heterocycles. The minimum atomic E-state index is 0. The van der Waals surface area contributed by atoms with Crippen LogP contribution in [0.2, 0.25) is 5.02 Å². The van der Waals surface area contributed by atoms with Crippen molar-refractivity contribution in [3.63, 3.8) is 0 Å². The van der Waals surface area contributed by atoms with Gasteiger partial charge in [-0.2, -0.15) is 4.98 Å². The molecule has 0 saturated heterocycles. The van der Waals surface area contributed by atoms with Gasteiger partial charge in [-0.1, -0.05) is 28.9 Å². The fourth-order valence-corrected chi connectivity index (χ4v) is 2.97. The fourth-order valence-electron chi connectivity index (χ4n) is 2.78. The van der Waals surface area contributed by atoms with Crippen LogP contribution in [0, 0.1) is 0 Å². The molecule has 0 unspecified atom stereocenters. The minimum Gasteiger partial charge on any atom is -0.357 e. The molecule has 166 valence electrons. The van der Waals surface area contributed by atoms with Crippen LogP contribution >= 0.6 is 35.6 Å². The van der Waals surface area contributed by atoms with Gasteiger partial charge in [0.15, 0.2) is 5.96 Å². The van der Waals surface area contributed by atoms with Gasteiger partial charge in [-0.15, -0.1) is 24.0 Å². The van der Waals surface area contributed by atoms with E-state index in [4.69, 9.17) is 16.1 Å². The highest BCUT2D eigenvalue weighted by molar-refractivity contribution is 14.0. The van der Waals surface area contributed by atoms with Crippen molar-refractivity contribution >= 4 is 47.4 Å². The monoisotopic (exact) mass is 548 g/mol. The van der Waals surface area contributed by atoms with Gasteiger partial charge < -0.3 is 19.6 Å². The average Bonchev–Trinajstić information content (AvgIpc) is 3.17. The number of hydrogen-bond donors (Lipinski definition) is 1. The highest BCUT2D eigenvalue weighted by atomic mass is 127. The van der Waals surface area contributed by atoms with Crippen LogP contribution in [0.4, 0.5) is 0 Å². The Morgan fingerprint density at radius 2 is 2.00 bits per heavy atom. The average molecular weight is 549 g/mol. The summed E-state index contributed by atoms with van der Waals surface area (Å²) in [6.07, 6.45) is 0.500. The Hall–Kier alpha value is -1.88. The van der Waals surface area contributed by atoms with Crippen molar-refractivity contribution in [2.24, 2.45) is 4.99 Å². The number of nitrogens with zero attached hydrogens (tertiary/aromatic N) is 5. The predicted octanol–water partition coefficient (Wildman–Crippen LogP) is 3.32. The fraction of sp³-hybridized carbons (Fsp3) is 0.500. The first kappa shape index (κ1) is 26.2. The molecule has 0 aliphatic heterocycles. The lowest BCUT2D eigenvalue weighted by Gasteiger charge is -2.25. The van der Waals surface area contributed by atoms with Gasteiger partial charge in [0.25, 0.3) is 0 Å². The Morgan fingerprint density at radius 3 is 2.63 bits per heavy atom. The summed E-state index contributed by atoms with van der Waals surface area (Å²) >= 11 is 6.01. The van der Waals surface area contributed by atoms with Crippen LogP contribution < -0.4 is 5.32 Å². The molecular weight excluding hydrogens is 519 g/mol. The Bertz CT molecular complexity index is 825. The van der Waals surface area contributed by atoms with Crippen molar-refractivity contribution in [1.82, 2.24) is 25.3 Å². The van der Waals surface area contributed by atoms with E-state index in [2.05, 4.69) is 20.4 Å². The van der Waals surface area contributed by atoms with E-state index >= 15 is 0 Å². The van der Waals surface area contributed by atoms with Gasteiger partial charge in [0.2, 0.25) is 17.6 Å². The number of carbonyl (C=O) groups is 1. The molecule has 0 fully saturated rings. The number of amides is 1. The van der Waals surface area contributed by atoms with Gasteiger partial charge in [-0.3, -0.25) is 9.79 Å². The molecule has 2 aromatic rings. The molecule has 2 rings (SSSR count). The summed E-state index contributed by atoms with van der Waals surface area (Å²) in [6.45, 7) is 8.78. The molecule has 30 heavy (non-hydrogen) atoms. The van der Waals surface area contributed by atoms with Crippen LogP contribution in [-0.4, -0.2) is 71.6 Å². The lowest BCUT2D eigenvalue weighted by molar-refractivity contribution is -0.131.